The largest absolute Gasteiger partial charge is 0.365 e. The molecule has 25 heavy (non-hydrogen) atoms. The first kappa shape index (κ1) is 17.0. The standard InChI is InChI=1S/C10H11F2N.C8H7N3O/c11-7-3-4-9(12)8(6-7)10-2-1-5-13-10;9-8(12)6-5-10-11-4-2-1-3-7(6)11/h3-4,6,10,13H,1-2,5H2;1-5H,(H2,9,12). The van der Waals surface area contributed by atoms with Gasteiger partial charge in [-0.2, -0.15) is 5.10 Å². The van der Waals surface area contributed by atoms with Gasteiger partial charge in [-0.3, -0.25) is 4.79 Å². The highest BCUT2D eigenvalue weighted by atomic mass is 19.1. The third-order valence-corrected chi connectivity index (χ3v) is 4.09. The minimum atomic E-state index is -0.448. The molecule has 0 bridgehead atoms. The third-order valence-electron chi connectivity index (χ3n) is 4.09. The minimum Gasteiger partial charge on any atom is -0.365 e. The number of carbonyl (C=O) groups is 1. The number of fused-ring (bicyclic) bond motifs is 1. The molecule has 2 aromatic heterocycles. The van der Waals surface area contributed by atoms with Gasteiger partial charge >= 0.3 is 0 Å². The van der Waals surface area contributed by atoms with Crippen LogP contribution in [0.25, 0.3) is 5.52 Å². The molecular weight excluding hydrogens is 326 g/mol. The second kappa shape index (κ2) is 7.40. The average molecular weight is 344 g/mol. The van der Waals surface area contributed by atoms with Gasteiger partial charge in [0.15, 0.2) is 0 Å². The maximum Gasteiger partial charge on any atom is 0.252 e. The van der Waals surface area contributed by atoms with Gasteiger partial charge in [-0.05, 0) is 49.7 Å². The van der Waals surface area contributed by atoms with Crippen LogP contribution in [0.15, 0.2) is 48.8 Å². The van der Waals surface area contributed by atoms with Crippen molar-refractivity contribution in [2.75, 3.05) is 6.54 Å². The van der Waals surface area contributed by atoms with Crippen molar-refractivity contribution >= 4 is 11.4 Å². The molecule has 1 atom stereocenters. The molecular formula is C18H18F2N4O. The maximum atomic E-state index is 13.2. The zero-order valence-corrected chi connectivity index (χ0v) is 13.5. The molecule has 7 heteroatoms. The van der Waals surface area contributed by atoms with E-state index < -0.39 is 5.91 Å². The number of rotatable bonds is 2. The molecule has 3 aromatic rings. The van der Waals surface area contributed by atoms with Crippen LogP contribution >= 0.6 is 0 Å². The van der Waals surface area contributed by atoms with E-state index in [0.29, 0.717) is 11.1 Å². The van der Waals surface area contributed by atoms with Crippen molar-refractivity contribution in [2.24, 2.45) is 5.73 Å². The molecule has 0 spiro atoms. The van der Waals surface area contributed by atoms with Crippen LogP contribution in [-0.4, -0.2) is 22.1 Å². The van der Waals surface area contributed by atoms with Crippen LogP contribution in [0.5, 0.6) is 0 Å². The number of nitrogens with two attached hydrogens (primary N) is 1. The van der Waals surface area contributed by atoms with E-state index in [1.807, 2.05) is 12.1 Å². The van der Waals surface area contributed by atoms with Gasteiger partial charge in [0.25, 0.3) is 5.91 Å². The van der Waals surface area contributed by atoms with E-state index >= 15 is 0 Å². The van der Waals surface area contributed by atoms with Gasteiger partial charge in [0.2, 0.25) is 0 Å². The van der Waals surface area contributed by atoms with Gasteiger partial charge in [-0.25, -0.2) is 13.3 Å². The second-order valence-electron chi connectivity index (χ2n) is 5.77. The first-order valence-electron chi connectivity index (χ1n) is 7.97. The fraction of sp³-hybridized carbons (Fsp3) is 0.222. The molecule has 1 amide bonds. The van der Waals surface area contributed by atoms with Crippen molar-refractivity contribution in [1.29, 1.82) is 0 Å². The molecule has 3 N–H and O–H groups in total. The lowest BCUT2D eigenvalue weighted by Gasteiger charge is -2.11. The summed E-state index contributed by atoms with van der Waals surface area (Å²) in [6.45, 7) is 0.890. The number of aromatic nitrogens is 2. The zero-order chi connectivity index (χ0) is 17.8. The van der Waals surface area contributed by atoms with E-state index in [9.17, 15) is 13.6 Å². The Morgan fingerprint density at radius 2 is 2.12 bits per heavy atom. The SMILES string of the molecule is Fc1ccc(F)c(C2CCCN2)c1.NC(=O)c1cnn2ccccc12. The molecule has 1 saturated heterocycles. The number of halogens is 2. The van der Waals surface area contributed by atoms with E-state index in [4.69, 9.17) is 5.73 Å². The van der Waals surface area contributed by atoms with Crippen molar-refractivity contribution in [3.8, 4) is 0 Å². The molecule has 1 aromatic carbocycles. The predicted octanol–water partition coefficient (Wildman–Crippen LogP) is 2.82. The van der Waals surface area contributed by atoms with Crippen LogP contribution in [-0.2, 0) is 0 Å². The van der Waals surface area contributed by atoms with Crippen LogP contribution in [0, 0.1) is 11.6 Å². The van der Waals surface area contributed by atoms with Crippen LogP contribution in [0.4, 0.5) is 8.78 Å². The third kappa shape index (κ3) is 3.83. The van der Waals surface area contributed by atoms with Crippen LogP contribution in [0.3, 0.4) is 0 Å². The molecule has 3 heterocycles. The number of primary amides is 1. The first-order valence-corrected chi connectivity index (χ1v) is 7.97. The molecule has 0 aliphatic carbocycles. The van der Waals surface area contributed by atoms with Gasteiger partial charge in [0.05, 0.1) is 17.3 Å². The number of carbonyl (C=O) groups excluding carboxylic acids is 1. The summed E-state index contributed by atoms with van der Waals surface area (Å²) in [6, 6.07) is 9.08. The zero-order valence-electron chi connectivity index (χ0n) is 13.5. The smallest absolute Gasteiger partial charge is 0.252 e. The van der Waals surface area contributed by atoms with Gasteiger partial charge < -0.3 is 11.1 Å². The Balaban J connectivity index is 0.000000146. The van der Waals surface area contributed by atoms with E-state index in [2.05, 4.69) is 10.4 Å². The number of amides is 1. The number of benzene rings is 1. The van der Waals surface area contributed by atoms with Crippen molar-refractivity contribution < 1.29 is 13.6 Å². The summed E-state index contributed by atoms with van der Waals surface area (Å²) >= 11 is 0. The quantitative estimate of drug-likeness (QED) is 0.751. The Morgan fingerprint density at radius 3 is 2.84 bits per heavy atom. The monoisotopic (exact) mass is 344 g/mol. The Morgan fingerprint density at radius 1 is 1.28 bits per heavy atom. The number of hydrogen-bond donors (Lipinski definition) is 2. The lowest BCUT2D eigenvalue weighted by molar-refractivity contribution is 0.100. The Hall–Kier alpha value is -2.80. The summed E-state index contributed by atoms with van der Waals surface area (Å²) in [5.41, 5.74) is 6.78. The van der Waals surface area contributed by atoms with Crippen molar-refractivity contribution in [3.05, 3.63) is 71.6 Å². The van der Waals surface area contributed by atoms with Crippen LogP contribution < -0.4 is 11.1 Å². The van der Waals surface area contributed by atoms with Gasteiger partial charge in [0, 0.05) is 17.8 Å². The Labute approximate surface area is 143 Å². The highest BCUT2D eigenvalue weighted by Gasteiger charge is 2.19. The normalized spacial score (nSPS) is 16.5. The maximum absolute atomic E-state index is 13.2. The van der Waals surface area contributed by atoms with E-state index in [1.54, 1.807) is 16.8 Å². The van der Waals surface area contributed by atoms with Crippen molar-refractivity contribution in [3.63, 3.8) is 0 Å². The van der Waals surface area contributed by atoms with Crippen molar-refractivity contribution in [1.82, 2.24) is 14.9 Å². The van der Waals surface area contributed by atoms with Crippen LogP contribution in [0.2, 0.25) is 0 Å². The minimum absolute atomic E-state index is 0.00398. The molecule has 130 valence electrons. The fourth-order valence-corrected chi connectivity index (χ4v) is 2.86. The summed E-state index contributed by atoms with van der Waals surface area (Å²) < 4.78 is 27.6. The van der Waals surface area contributed by atoms with E-state index in [-0.39, 0.29) is 17.7 Å². The van der Waals surface area contributed by atoms with Gasteiger partial charge in [0.1, 0.15) is 11.6 Å². The topological polar surface area (TPSA) is 72.4 Å². The number of nitrogens with zero attached hydrogens (tertiary/aromatic N) is 2. The lowest BCUT2D eigenvalue weighted by Crippen LogP contribution is -2.14. The molecule has 1 fully saturated rings. The molecule has 1 unspecified atom stereocenters. The van der Waals surface area contributed by atoms with Crippen LogP contribution in [0.1, 0.15) is 34.8 Å². The summed E-state index contributed by atoms with van der Waals surface area (Å²) in [5.74, 6) is -1.14. The first-order chi connectivity index (χ1) is 12.1. The lowest BCUT2D eigenvalue weighted by atomic mass is 10.0. The Kier molecular flexibility index (Phi) is 5.04. The number of pyridine rings is 1. The van der Waals surface area contributed by atoms with E-state index in [1.165, 1.54) is 18.3 Å². The summed E-state index contributed by atoms with van der Waals surface area (Å²) in [5, 5.41) is 7.09. The van der Waals surface area contributed by atoms with Gasteiger partial charge in [-0.15, -0.1) is 0 Å². The summed E-state index contributed by atoms with van der Waals surface area (Å²) in [7, 11) is 0. The second-order valence-corrected chi connectivity index (χ2v) is 5.77. The highest BCUT2D eigenvalue weighted by molar-refractivity contribution is 5.99. The molecule has 0 radical (unpaired) electrons. The summed E-state index contributed by atoms with van der Waals surface area (Å²) in [4.78, 5) is 10.8. The average Bonchev–Trinajstić information content (AvgIpc) is 3.26. The molecule has 0 saturated carbocycles. The fourth-order valence-electron chi connectivity index (χ4n) is 2.86. The predicted molar refractivity (Wildman–Crippen MR) is 90.0 cm³/mol. The summed E-state index contributed by atoms with van der Waals surface area (Å²) in [6.07, 6.45) is 5.15. The Bertz CT molecular complexity index is 888. The van der Waals surface area contributed by atoms with Crippen molar-refractivity contribution in [2.45, 2.75) is 18.9 Å². The molecule has 1 aliphatic rings. The molecule has 5 nitrogen and oxygen atoms in total. The number of nitrogens with one attached hydrogen (secondary N) is 1. The van der Waals surface area contributed by atoms with Gasteiger partial charge in [-0.1, -0.05) is 6.07 Å². The number of hydrogen-bond acceptors (Lipinski definition) is 3. The molecule has 1 aliphatic heterocycles. The molecule has 4 rings (SSSR count). The highest BCUT2D eigenvalue weighted by Crippen LogP contribution is 2.25. The van der Waals surface area contributed by atoms with E-state index in [0.717, 1.165) is 31.0 Å².